The Kier molecular flexibility index (Phi) is 11.5. The van der Waals surface area contributed by atoms with Crippen LogP contribution in [-0.2, 0) is 37.0 Å². The van der Waals surface area contributed by atoms with Crippen molar-refractivity contribution in [1.82, 2.24) is 5.32 Å². The molecule has 0 unspecified atom stereocenters. The maximum Gasteiger partial charge on any atom is 0.303 e. The lowest BCUT2D eigenvalue weighted by atomic mass is 9.99. The number of para-hydroxylation sites is 1. The molecule has 8 nitrogen and oxygen atoms in total. The van der Waals surface area contributed by atoms with Crippen molar-refractivity contribution in [2.24, 2.45) is 0 Å². The summed E-state index contributed by atoms with van der Waals surface area (Å²) < 4.78 is 23.6. The Hall–Kier alpha value is -4.15. The normalized spacial score (nSPS) is 18.4. The van der Waals surface area contributed by atoms with Crippen LogP contribution in [0.25, 0.3) is 11.1 Å². The van der Waals surface area contributed by atoms with E-state index in [2.05, 4.69) is 11.4 Å². The van der Waals surface area contributed by atoms with Crippen LogP contribution in [0, 0.1) is 0 Å². The number of rotatable bonds is 12. The summed E-state index contributed by atoms with van der Waals surface area (Å²) in [6.07, 6.45) is -0.972. The van der Waals surface area contributed by atoms with E-state index in [9.17, 15) is 14.7 Å². The Balaban J connectivity index is 1.29. The van der Waals surface area contributed by atoms with Crippen molar-refractivity contribution in [3.8, 4) is 16.9 Å². The second kappa shape index (κ2) is 15.9. The van der Waals surface area contributed by atoms with E-state index in [1.54, 1.807) is 25.8 Å². The number of thioether (sulfide) groups is 1. The number of carbonyl (C=O) groups is 2. The van der Waals surface area contributed by atoms with Gasteiger partial charge in [-0.1, -0.05) is 78.9 Å². The summed E-state index contributed by atoms with van der Waals surface area (Å²) in [7, 11) is 1.68. The van der Waals surface area contributed by atoms with Crippen LogP contribution in [0.15, 0.2) is 102 Å². The number of aliphatic hydroxyl groups excluding tert-OH is 1. The minimum atomic E-state index is -0.851. The third kappa shape index (κ3) is 8.76. The quantitative estimate of drug-likeness (QED) is 0.129. The predicted molar refractivity (Wildman–Crippen MR) is 177 cm³/mol. The molecule has 1 aliphatic rings. The second-order valence-electron chi connectivity index (χ2n) is 11.1. The summed E-state index contributed by atoms with van der Waals surface area (Å²) in [4.78, 5) is 24.5. The first-order chi connectivity index (χ1) is 22.3. The standard InChI is InChI=1S/C37H39NO7S/c1-24(43-25(2)40)36(41)38-21-27-7-6-8-31(19-27)28-15-17-30(18-16-28)37-44-32(23-46-35-10-5-4-9-33(35)42-3)20-34(45-37)29-13-11-26(22-39)12-14-29/h4-19,24,32,34,37,39H,20-23H2,1-3H3,(H,38,41)/t24-,32+,34-,37-/m0/s1. The predicted octanol–water partition coefficient (Wildman–Crippen LogP) is 6.76. The molecule has 5 rings (SSSR count). The lowest BCUT2D eigenvalue weighted by Crippen LogP contribution is -2.35. The highest BCUT2D eigenvalue weighted by Gasteiger charge is 2.32. The van der Waals surface area contributed by atoms with Crippen molar-refractivity contribution >= 4 is 23.6 Å². The summed E-state index contributed by atoms with van der Waals surface area (Å²) in [5, 5.41) is 12.3. The maximum atomic E-state index is 12.3. The molecule has 0 bridgehead atoms. The minimum absolute atomic E-state index is 0.00506. The van der Waals surface area contributed by atoms with Gasteiger partial charge >= 0.3 is 5.97 Å². The molecule has 4 aromatic rings. The Bertz CT molecular complexity index is 1610. The van der Waals surface area contributed by atoms with E-state index in [0.29, 0.717) is 13.0 Å². The van der Waals surface area contributed by atoms with Gasteiger partial charge in [-0.15, -0.1) is 11.8 Å². The van der Waals surface area contributed by atoms with E-state index >= 15 is 0 Å². The highest BCUT2D eigenvalue weighted by molar-refractivity contribution is 7.99. The smallest absolute Gasteiger partial charge is 0.303 e. The van der Waals surface area contributed by atoms with Crippen molar-refractivity contribution in [2.45, 2.75) is 62.9 Å². The Morgan fingerprint density at radius 1 is 0.913 bits per heavy atom. The molecule has 1 fully saturated rings. The second-order valence-corrected chi connectivity index (χ2v) is 12.2. The largest absolute Gasteiger partial charge is 0.496 e. The van der Waals surface area contributed by atoms with Crippen LogP contribution >= 0.6 is 11.8 Å². The molecule has 240 valence electrons. The first kappa shape index (κ1) is 33.2. The summed E-state index contributed by atoms with van der Waals surface area (Å²) >= 11 is 1.70. The topological polar surface area (TPSA) is 103 Å². The van der Waals surface area contributed by atoms with Gasteiger partial charge < -0.3 is 29.4 Å². The van der Waals surface area contributed by atoms with Crippen molar-refractivity contribution in [2.75, 3.05) is 12.9 Å². The van der Waals surface area contributed by atoms with Crippen LogP contribution in [0.5, 0.6) is 5.75 Å². The summed E-state index contributed by atoms with van der Waals surface area (Å²) in [5.74, 6) is 0.726. The zero-order valence-electron chi connectivity index (χ0n) is 26.2. The lowest BCUT2D eigenvalue weighted by molar-refractivity contribution is -0.245. The van der Waals surface area contributed by atoms with Gasteiger partial charge in [-0.3, -0.25) is 9.59 Å². The fraction of sp³-hybridized carbons (Fsp3) is 0.297. The Morgan fingerprint density at radius 2 is 1.65 bits per heavy atom. The number of esters is 1. The molecule has 4 atom stereocenters. The van der Waals surface area contributed by atoms with Gasteiger partial charge in [-0.2, -0.15) is 0 Å². The van der Waals surface area contributed by atoms with Crippen molar-refractivity contribution < 1.29 is 33.6 Å². The number of hydrogen-bond donors (Lipinski definition) is 2. The molecule has 4 aromatic carbocycles. The van der Waals surface area contributed by atoms with Crippen LogP contribution in [0.3, 0.4) is 0 Å². The third-order valence-corrected chi connectivity index (χ3v) is 8.92. The van der Waals surface area contributed by atoms with Gasteiger partial charge in [-0.05, 0) is 52.9 Å². The molecule has 1 aliphatic heterocycles. The number of carbonyl (C=O) groups excluding carboxylic acids is 2. The SMILES string of the molecule is COc1ccccc1SC[C@H]1C[C@@H](c2ccc(CO)cc2)O[C@@H](c2ccc(-c3cccc(CNC(=O)[C@H](C)OC(C)=O)c3)cc2)O1. The molecule has 1 heterocycles. The molecule has 1 amide bonds. The molecule has 0 saturated carbocycles. The number of aliphatic hydroxyl groups is 1. The maximum absolute atomic E-state index is 12.3. The zero-order chi connectivity index (χ0) is 32.5. The first-order valence-corrected chi connectivity index (χ1v) is 16.2. The average molecular weight is 642 g/mol. The monoisotopic (exact) mass is 641 g/mol. The third-order valence-electron chi connectivity index (χ3n) is 7.73. The molecule has 0 aliphatic carbocycles. The number of methoxy groups -OCH3 is 1. The van der Waals surface area contributed by atoms with E-state index < -0.39 is 18.4 Å². The molecule has 1 saturated heterocycles. The Morgan fingerprint density at radius 3 is 2.37 bits per heavy atom. The van der Waals surface area contributed by atoms with Crippen molar-refractivity contribution in [3.05, 3.63) is 119 Å². The molecule has 0 aromatic heterocycles. The van der Waals surface area contributed by atoms with Crippen LogP contribution in [0.1, 0.15) is 54.9 Å². The van der Waals surface area contributed by atoms with Crippen LogP contribution in [0.2, 0.25) is 0 Å². The van der Waals surface area contributed by atoms with E-state index in [4.69, 9.17) is 18.9 Å². The summed E-state index contributed by atoms with van der Waals surface area (Å²) in [6.45, 7) is 3.14. The van der Waals surface area contributed by atoms with Gasteiger partial charge in [-0.25, -0.2) is 0 Å². The number of hydrogen-bond acceptors (Lipinski definition) is 8. The fourth-order valence-electron chi connectivity index (χ4n) is 5.27. The van der Waals surface area contributed by atoms with Gasteiger partial charge in [0.1, 0.15) is 5.75 Å². The van der Waals surface area contributed by atoms with Crippen molar-refractivity contribution in [1.29, 1.82) is 0 Å². The van der Waals surface area contributed by atoms with Crippen molar-refractivity contribution in [3.63, 3.8) is 0 Å². The highest BCUT2D eigenvalue weighted by Crippen LogP contribution is 2.40. The number of amides is 1. The van der Waals surface area contributed by atoms with Gasteiger partial charge in [0.05, 0.1) is 25.9 Å². The number of nitrogens with one attached hydrogen (secondary N) is 1. The molecular formula is C37H39NO7S. The average Bonchev–Trinajstić information content (AvgIpc) is 3.09. The Labute approximate surface area is 274 Å². The molecular weight excluding hydrogens is 602 g/mol. The molecule has 46 heavy (non-hydrogen) atoms. The highest BCUT2D eigenvalue weighted by atomic mass is 32.2. The molecule has 0 spiro atoms. The molecule has 9 heteroatoms. The summed E-state index contributed by atoms with van der Waals surface area (Å²) in [5.41, 5.74) is 5.75. The van der Waals surface area contributed by atoms with Gasteiger partial charge in [0.15, 0.2) is 12.4 Å². The van der Waals surface area contributed by atoms with Gasteiger partial charge in [0.2, 0.25) is 0 Å². The van der Waals surface area contributed by atoms with Crippen LogP contribution in [0.4, 0.5) is 0 Å². The van der Waals surface area contributed by atoms with E-state index in [-0.39, 0.29) is 24.7 Å². The van der Waals surface area contributed by atoms with E-state index in [0.717, 1.165) is 49.8 Å². The van der Waals surface area contributed by atoms with Crippen LogP contribution < -0.4 is 10.1 Å². The van der Waals surface area contributed by atoms with Crippen LogP contribution in [-0.4, -0.2) is 42.1 Å². The fourth-order valence-corrected chi connectivity index (χ4v) is 6.32. The number of benzene rings is 4. The van der Waals surface area contributed by atoms with E-state index in [1.165, 1.54) is 6.92 Å². The lowest BCUT2D eigenvalue weighted by Gasteiger charge is -2.36. The van der Waals surface area contributed by atoms with Gasteiger partial charge in [0.25, 0.3) is 5.91 Å². The number of ether oxygens (including phenoxy) is 4. The van der Waals surface area contributed by atoms with Gasteiger partial charge in [0, 0.05) is 36.1 Å². The minimum Gasteiger partial charge on any atom is -0.496 e. The molecule has 0 radical (unpaired) electrons. The summed E-state index contributed by atoms with van der Waals surface area (Å²) in [6, 6.07) is 31.9. The molecule has 2 N–H and O–H groups in total. The first-order valence-electron chi connectivity index (χ1n) is 15.2. The van der Waals surface area contributed by atoms with E-state index in [1.807, 2.05) is 91.0 Å². The zero-order valence-corrected chi connectivity index (χ0v) is 27.0.